The van der Waals surface area contributed by atoms with Crippen molar-refractivity contribution in [3.63, 3.8) is 0 Å². The van der Waals surface area contributed by atoms with Gasteiger partial charge in [0.2, 0.25) is 5.91 Å². The third-order valence-electron chi connectivity index (χ3n) is 7.28. The topological polar surface area (TPSA) is 70.1 Å². The van der Waals surface area contributed by atoms with Crippen LogP contribution in [0.15, 0.2) is 77.9 Å². The van der Waals surface area contributed by atoms with E-state index in [2.05, 4.69) is 15.2 Å². The monoisotopic (exact) mass is 506 g/mol. The van der Waals surface area contributed by atoms with Crippen LogP contribution in [-0.4, -0.2) is 15.5 Å². The fraction of sp³-hybridized carbons (Fsp3) is 0.161. The lowest BCUT2D eigenvalue weighted by atomic mass is 10.0. The fourth-order valence-corrected chi connectivity index (χ4v) is 5.39. The third-order valence-corrected chi connectivity index (χ3v) is 7.28. The number of anilines is 3. The number of halogens is 1. The van der Waals surface area contributed by atoms with Gasteiger partial charge >= 0.3 is 0 Å². The molecular formula is C31H27FN4O2. The second-order valence-electron chi connectivity index (χ2n) is 9.97. The summed E-state index contributed by atoms with van der Waals surface area (Å²) in [4.78, 5) is 30.8. The lowest BCUT2D eigenvalue weighted by molar-refractivity contribution is -0.115. The number of hydrogen-bond donors (Lipinski definition) is 2. The van der Waals surface area contributed by atoms with Crippen LogP contribution >= 0.6 is 0 Å². The molecule has 38 heavy (non-hydrogen) atoms. The standard InChI is InChI=1S/C31H27FN4O2/c1-18-4-5-19(2)20(12-18)13-28(37)34-23-8-11-27-25(14-23)26-17-35(3)30-29(26)21(15-33-31(30)38)16-36(27)24-9-6-22(32)7-10-24/h4-12,14-15,17H,13,16H2,1-3H3,(H,33,38)(H,34,37). The number of hydrogen-bond acceptors (Lipinski definition) is 3. The van der Waals surface area contributed by atoms with Gasteiger partial charge in [-0.1, -0.05) is 23.8 Å². The molecule has 190 valence electrons. The molecule has 0 fully saturated rings. The summed E-state index contributed by atoms with van der Waals surface area (Å²) in [6.45, 7) is 4.51. The van der Waals surface area contributed by atoms with E-state index in [0.717, 1.165) is 50.1 Å². The van der Waals surface area contributed by atoms with Gasteiger partial charge in [0.15, 0.2) is 0 Å². The van der Waals surface area contributed by atoms with Gasteiger partial charge in [-0.25, -0.2) is 4.39 Å². The van der Waals surface area contributed by atoms with E-state index in [1.807, 2.05) is 68.1 Å². The Balaban J connectivity index is 1.46. The van der Waals surface area contributed by atoms with E-state index in [1.54, 1.807) is 18.3 Å². The van der Waals surface area contributed by atoms with Crippen molar-refractivity contribution in [2.75, 3.05) is 10.2 Å². The highest BCUT2D eigenvalue weighted by molar-refractivity contribution is 6.04. The highest BCUT2D eigenvalue weighted by atomic mass is 19.1. The lowest BCUT2D eigenvalue weighted by Gasteiger charge is -2.26. The summed E-state index contributed by atoms with van der Waals surface area (Å²) in [6.07, 6.45) is 3.99. The van der Waals surface area contributed by atoms with Crippen molar-refractivity contribution in [1.82, 2.24) is 9.55 Å². The summed E-state index contributed by atoms with van der Waals surface area (Å²) < 4.78 is 15.6. The molecule has 1 aliphatic heterocycles. The number of carbonyl (C=O) groups is 1. The number of pyridine rings is 1. The van der Waals surface area contributed by atoms with Crippen molar-refractivity contribution >= 4 is 33.9 Å². The third kappa shape index (κ3) is 4.06. The van der Waals surface area contributed by atoms with E-state index >= 15 is 0 Å². The van der Waals surface area contributed by atoms with Crippen LogP contribution in [0.3, 0.4) is 0 Å². The van der Waals surface area contributed by atoms with Gasteiger partial charge in [-0.05, 0) is 73.0 Å². The molecule has 2 aromatic heterocycles. The maximum atomic E-state index is 13.7. The Labute approximate surface area is 219 Å². The van der Waals surface area contributed by atoms with Crippen molar-refractivity contribution in [2.45, 2.75) is 26.8 Å². The number of carbonyl (C=O) groups excluding carboxylic acids is 1. The van der Waals surface area contributed by atoms with Gasteiger partial charge in [0.05, 0.1) is 13.0 Å². The van der Waals surface area contributed by atoms with Gasteiger partial charge in [-0.2, -0.15) is 0 Å². The molecular weight excluding hydrogens is 479 g/mol. The van der Waals surface area contributed by atoms with Gasteiger partial charge in [0.25, 0.3) is 5.56 Å². The summed E-state index contributed by atoms with van der Waals surface area (Å²) in [5, 5.41) is 3.94. The second-order valence-corrected chi connectivity index (χ2v) is 9.97. The molecule has 2 N–H and O–H groups in total. The number of H-pyrrole nitrogens is 1. The van der Waals surface area contributed by atoms with Crippen LogP contribution in [0, 0.1) is 19.7 Å². The molecule has 0 radical (unpaired) electrons. The average molecular weight is 507 g/mol. The zero-order valence-corrected chi connectivity index (χ0v) is 21.4. The van der Waals surface area contributed by atoms with Crippen molar-refractivity contribution in [2.24, 2.45) is 7.05 Å². The first kappa shape index (κ1) is 23.7. The van der Waals surface area contributed by atoms with E-state index in [0.29, 0.717) is 17.7 Å². The molecule has 7 heteroatoms. The first-order chi connectivity index (χ1) is 18.3. The Hall–Kier alpha value is -4.65. The fourth-order valence-electron chi connectivity index (χ4n) is 5.39. The molecule has 3 heterocycles. The largest absolute Gasteiger partial charge is 0.345 e. The average Bonchev–Trinajstić information content (AvgIpc) is 3.18. The molecule has 6 nitrogen and oxygen atoms in total. The molecule has 1 aliphatic rings. The minimum absolute atomic E-state index is 0.0993. The first-order valence-corrected chi connectivity index (χ1v) is 12.5. The van der Waals surface area contributed by atoms with Crippen molar-refractivity contribution in [1.29, 1.82) is 0 Å². The Kier molecular flexibility index (Phi) is 5.64. The lowest BCUT2D eigenvalue weighted by Crippen LogP contribution is -2.18. The predicted molar refractivity (Wildman–Crippen MR) is 149 cm³/mol. The summed E-state index contributed by atoms with van der Waals surface area (Å²) in [6, 6.07) is 18.3. The maximum Gasteiger partial charge on any atom is 0.272 e. The number of aryl methyl sites for hydroxylation is 3. The van der Waals surface area contributed by atoms with Gasteiger partial charge < -0.3 is 19.8 Å². The van der Waals surface area contributed by atoms with E-state index < -0.39 is 0 Å². The molecule has 0 saturated heterocycles. The molecule has 0 aliphatic carbocycles. The molecule has 5 aromatic rings. The number of fused-ring (bicyclic) bond motifs is 2. The van der Waals surface area contributed by atoms with E-state index in [1.165, 1.54) is 12.1 Å². The van der Waals surface area contributed by atoms with Crippen LogP contribution in [-0.2, 0) is 24.8 Å². The van der Waals surface area contributed by atoms with Crippen LogP contribution in [0.2, 0.25) is 0 Å². The Morgan fingerprint density at radius 3 is 2.61 bits per heavy atom. The number of rotatable bonds is 4. The Bertz CT molecular complexity index is 1780. The van der Waals surface area contributed by atoms with Crippen molar-refractivity contribution in [3.8, 4) is 11.1 Å². The molecule has 3 aromatic carbocycles. The summed E-state index contributed by atoms with van der Waals surface area (Å²) in [5.74, 6) is -0.404. The van der Waals surface area contributed by atoms with Gasteiger partial charge in [0.1, 0.15) is 11.3 Å². The molecule has 6 rings (SSSR count). The normalized spacial score (nSPS) is 12.4. The Morgan fingerprint density at radius 2 is 1.82 bits per heavy atom. The molecule has 0 atom stereocenters. The summed E-state index contributed by atoms with van der Waals surface area (Å²) in [5.41, 5.74) is 8.77. The number of aromatic amines is 1. The minimum atomic E-state index is -0.305. The molecule has 1 amide bonds. The Morgan fingerprint density at radius 1 is 1.03 bits per heavy atom. The van der Waals surface area contributed by atoms with Crippen LogP contribution in [0.5, 0.6) is 0 Å². The highest BCUT2D eigenvalue weighted by Gasteiger charge is 2.26. The number of nitrogens with one attached hydrogen (secondary N) is 2. The zero-order valence-electron chi connectivity index (χ0n) is 21.4. The number of benzene rings is 3. The van der Waals surface area contributed by atoms with Crippen molar-refractivity contribution in [3.05, 3.63) is 111 Å². The van der Waals surface area contributed by atoms with Crippen LogP contribution in [0.1, 0.15) is 22.3 Å². The molecule has 0 saturated carbocycles. The predicted octanol–water partition coefficient (Wildman–Crippen LogP) is 6.12. The number of nitrogens with zero attached hydrogens (tertiary/aromatic N) is 2. The SMILES string of the molecule is Cc1ccc(C)c(CC(=O)Nc2ccc3c(c2)-c2cn(C)c4c(=O)[nH]cc(c24)CN3c2ccc(F)cc2)c1. The van der Waals surface area contributed by atoms with Gasteiger partial charge in [-0.3, -0.25) is 9.59 Å². The number of amides is 1. The second kappa shape index (κ2) is 9.03. The zero-order chi connectivity index (χ0) is 26.6. The van der Waals surface area contributed by atoms with Crippen LogP contribution in [0.25, 0.3) is 22.0 Å². The molecule has 0 bridgehead atoms. The quantitative estimate of drug-likeness (QED) is 0.308. The molecule has 0 spiro atoms. The van der Waals surface area contributed by atoms with Gasteiger partial charge in [-0.15, -0.1) is 0 Å². The van der Waals surface area contributed by atoms with Crippen LogP contribution in [0.4, 0.5) is 21.5 Å². The number of aromatic nitrogens is 2. The van der Waals surface area contributed by atoms with E-state index in [9.17, 15) is 14.0 Å². The van der Waals surface area contributed by atoms with E-state index in [4.69, 9.17) is 0 Å². The van der Waals surface area contributed by atoms with E-state index in [-0.39, 0.29) is 23.7 Å². The van der Waals surface area contributed by atoms with Gasteiger partial charge in [0, 0.05) is 53.0 Å². The maximum absolute atomic E-state index is 13.7. The summed E-state index contributed by atoms with van der Waals surface area (Å²) in [7, 11) is 1.86. The minimum Gasteiger partial charge on any atom is -0.345 e. The first-order valence-electron chi connectivity index (χ1n) is 12.5. The smallest absolute Gasteiger partial charge is 0.272 e. The highest BCUT2D eigenvalue weighted by Crippen LogP contribution is 2.44. The molecule has 0 unspecified atom stereocenters. The summed E-state index contributed by atoms with van der Waals surface area (Å²) >= 11 is 0. The van der Waals surface area contributed by atoms with Crippen molar-refractivity contribution < 1.29 is 9.18 Å². The van der Waals surface area contributed by atoms with Crippen LogP contribution < -0.4 is 15.8 Å².